The third-order valence-corrected chi connectivity index (χ3v) is 4.52. The Morgan fingerprint density at radius 1 is 1.04 bits per heavy atom. The van der Waals surface area contributed by atoms with Crippen LogP contribution in [0.4, 0.5) is 5.95 Å². The van der Waals surface area contributed by atoms with Crippen LogP contribution in [-0.4, -0.2) is 20.2 Å². The summed E-state index contributed by atoms with van der Waals surface area (Å²) in [6.07, 6.45) is 0. The topological polar surface area (TPSA) is 64.9 Å². The average Bonchev–Trinajstić information content (AvgIpc) is 3.09. The van der Waals surface area contributed by atoms with Gasteiger partial charge in [-0.15, -0.1) is 0 Å². The summed E-state index contributed by atoms with van der Waals surface area (Å²) in [4.78, 5) is 0. The van der Waals surface area contributed by atoms with E-state index in [0.717, 1.165) is 22.3 Å². The normalized spacial score (nSPS) is 10.9. The summed E-state index contributed by atoms with van der Waals surface area (Å²) in [5.74, 6) is 1.48. The molecule has 0 aliphatic carbocycles. The molecule has 6 heteroatoms. The predicted octanol–water partition coefficient (Wildman–Crippen LogP) is 3.86. The fraction of sp³-hybridized carbons (Fsp3) is 0.190. The van der Waals surface area contributed by atoms with Gasteiger partial charge < -0.3 is 10.1 Å². The number of fused-ring (bicyclic) bond motifs is 1. The molecular formula is C21H21N5O. The average molecular weight is 359 g/mol. The van der Waals surface area contributed by atoms with Crippen molar-refractivity contribution in [3.05, 3.63) is 77.4 Å². The number of rotatable bonds is 6. The fourth-order valence-electron chi connectivity index (χ4n) is 3.14. The Morgan fingerprint density at radius 3 is 2.74 bits per heavy atom. The van der Waals surface area contributed by atoms with Gasteiger partial charge in [-0.1, -0.05) is 65.3 Å². The van der Waals surface area contributed by atoms with Crippen LogP contribution in [0, 0.1) is 6.92 Å². The van der Waals surface area contributed by atoms with Crippen LogP contribution in [0.15, 0.2) is 60.7 Å². The van der Waals surface area contributed by atoms with E-state index in [1.165, 1.54) is 10.9 Å². The third-order valence-electron chi connectivity index (χ3n) is 4.52. The highest BCUT2D eigenvalue weighted by atomic mass is 16.5. The maximum absolute atomic E-state index is 6.19. The summed E-state index contributed by atoms with van der Waals surface area (Å²) in [6.45, 7) is 3.18. The van der Waals surface area contributed by atoms with E-state index < -0.39 is 0 Å². The molecule has 0 aliphatic heterocycles. The van der Waals surface area contributed by atoms with Crippen molar-refractivity contribution in [3.8, 4) is 5.75 Å². The van der Waals surface area contributed by atoms with Gasteiger partial charge in [-0.05, 0) is 39.8 Å². The Balaban J connectivity index is 1.63. The highest BCUT2D eigenvalue weighted by molar-refractivity contribution is 5.88. The molecule has 6 nitrogen and oxygen atoms in total. The minimum Gasteiger partial charge on any atom is -0.489 e. The monoisotopic (exact) mass is 359 g/mol. The van der Waals surface area contributed by atoms with Crippen molar-refractivity contribution >= 4 is 16.7 Å². The van der Waals surface area contributed by atoms with Gasteiger partial charge in [0.2, 0.25) is 5.95 Å². The molecule has 0 unspecified atom stereocenters. The fourth-order valence-corrected chi connectivity index (χ4v) is 3.14. The molecule has 136 valence electrons. The van der Waals surface area contributed by atoms with Crippen molar-refractivity contribution in [1.82, 2.24) is 20.2 Å². The molecule has 0 amide bonds. The van der Waals surface area contributed by atoms with Gasteiger partial charge >= 0.3 is 0 Å². The number of aryl methyl sites for hydroxylation is 2. The third kappa shape index (κ3) is 3.74. The van der Waals surface area contributed by atoms with Crippen LogP contribution < -0.4 is 10.1 Å². The summed E-state index contributed by atoms with van der Waals surface area (Å²) in [5.41, 5.74) is 3.47. The summed E-state index contributed by atoms with van der Waals surface area (Å²) >= 11 is 0. The summed E-state index contributed by atoms with van der Waals surface area (Å²) in [7, 11) is 1.81. The van der Waals surface area contributed by atoms with E-state index in [0.29, 0.717) is 19.1 Å². The Bertz CT molecular complexity index is 1070. The zero-order chi connectivity index (χ0) is 18.6. The number of tetrazole rings is 1. The zero-order valence-corrected chi connectivity index (χ0v) is 15.4. The maximum atomic E-state index is 6.19. The number of nitrogens with one attached hydrogen (secondary N) is 1. The number of aromatic nitrogens is 4. The molecule has 1 aromatic heterocycles. The van der Waals surface area contributed by atoms with Crippen molar-refractivity contribution in [1.29, 1.82) is 0 Å². The zero-order valence-electron chi connectivity index (χ0n) is 15.4. The van der Waals surface area contributed by atoms with Crippen LogP contribution in [0.2, 0.25) is 0 Å². The molecule has 4 rings (SSSR count). The molecule has 1 N–H and O–H groups in total. The maximum Gasteiger partial charge on any atom is 0.242 e. The molecule has 27 heavy (non-hydrogen) atoms. The quantitative estimate of drug-likeness (QED) is 0.566. The van der Waals surface area contributed by atoms with Crippen LogP contribution in [0.3, 0.4) is 0 Å². The molecule has 0 bridgehead atoms. The molecule has 3 aromatic carbocycles. The molecule has 0 aliphatic rings. The minimum absolute atomic E-state index is 0.526. The van der Waals surface area contributed by atoms with Gasteiger partial charge in [0.1, 0.15) is 12.4 Å². The lowest BCUT2D eigenvalue weighted by molar-refractivity contribution is 0.304. The SMILES string of the molecule is Cc1cccc(COc2ccc3ccccc3c2CNc2nnnn2C)c1. The Hall–Kier alpha value is -3.41. The standard InChI is InChI=1S/C21H21N5O/c1-15-6-5-7-16(12-15)14-27-20-11-10-17-8-3-4-9-18(17)19(20)13-22-21-23-24-25-26(21)2/h3-12H,13-14H2,1-2H3,(H,22,23,25). The van der Waals surface area contributed by atoms with E-state index in [1.54, 1.807) is 11.7 Å². The van der Waals surface area contributed by atoms with Gasteiger partial charge in [-0.2, -0.15) is 0 Å². The summed E-state index contributed by atoms with van der Waals surface area (Å²) in [5, 5.41) is 17.2. The molecule has 0 saturated carbocycles. The molecule has 0 saturated heterocycles. The van der Waals surface area contributed by atoms with E-state index >= 15 is 0 Å². The number of benzene rings is 3. The second-order valence-electron chi connectivity index (χ2n) is 6.52. The van der Waals surface area contributed by atoms with Crippen molar-refractivity contribution in [3.63, 3.8) is 0 Å². The summed E-state index contributed by atoms with van der Waals surface area (Å²) in [6, 6.07) is 20.8. The van der Waals surface area contributed by atoms with Gasteiger partial charge in [0.05, 0.1) is 0 Å². The summed E-state index contributed by atoms with van der Waals surface area (Å²) < 4.78 is 7.80. The van der Waals surface area contributed by atoms with Crippen molar-refractivity contribution in [2.45, 2.75) is 20.1 Å². The first-order valence-electron chi connectivity index (χ1n) is 8.86. The molecule has 0 fully saturated rings. The van der Waals surface area contributed by atoms with Gasteiger partial charge in [0, 0.05) is 19.2 Å². The lowest BCUT2D eigenvalue weighted by atomic mass is 10.0. The predicted molar refractivity (Wildman–Crippen MR) is 106 cm³/mol. The smallest absolute Gasteiger partial charge is 0.242 e. The number of nitrogens with zero attached hydrogens (tertiary/aromatic N) is 4. The first kappa shape index (κ1) is 17.0. The van der Waals surface area contributed by atoms with Gasteiger partial charge in [-0.25, -0.2) is 4.68 Å². The molecule has 0 spiro atoms. The van der Waals surface area contributed by atoms with Gasteiger partial charge in [0.15, 0.2) is 0 Å². The Labute approximate surface area is 157 Å². The lowest BCUT2D eigenvalue weighted by Crippen LogP contribution is -2.08. The number of anilines is 1. The van der Waals surface area contributed by atoms with E-state index in [2.05, 4.69) is 70.2 Å². The van der Waals surface area contributed by atoms with Crippen LogP contribution in [0.5, 0.6) is 5.75 Å². The van der Waals surface area contributed by atoms with E-state index in [9.17, 15) is 0 Å². The molecular weight excluding hydrogens is 338 g/mol. The second-order valence-corrected chi connectivity index (χ2v) is 6.52. The van der Waals surface area contributed by atoms with E-state index in [-0.39, 0.29) is 0 Å². The number of ether oxygens (including phenoxy) is 1. The van der Waals surface area contributed by atoms with Crippen molar-refractivity contribution in [2.24, 2.45) is 7.05 Å². The lowest BCUT2D eigenvalue weighted by Gasteiger charge is -2.15. The number of hydrogen-bond donors (Lipinski definition) is 1. The van der Waals surface area contributed by atoms with Crippen molar-refractivity contribution in [2.75, 3.05) is 5.32 Å². The highest BCUT2D eigenvalue weighted by Crippen LogP contribution is 2.29. The molecule has 0 radical (unpaired) electrons. The minimum atomic E-state index is 0.526. The van der Waals surface area contributed by atoms with E-state index in [4.69, 9.17) is 4.74 Å². The first-order chi connectivity index (χ1) is 13.2. The first-order valence-corrected chi connectivity index (χ1v) is 8.86. The molecule has 4 aromatic rings. The molecule has 0 atom stereocenters. The van der Waals surface area contributed by atoms with Crippen LogP contribution in [-0.2, 0) is 20.2 Å². The van der Waals surface area contributed by atoms with Crippen LogP contribution >= 0.6 is 0 Å². The Morgan fingerprint density at radius 2 is 1.93 bits per heavy atom. The van der Waals surface area contributed by atoms with Gasteiger partial charge in [-0.3, -0.25) is 0 Å². The molecule has 1 heterocycles. The second kappa shape index (κ2) is 7.45. The largest absolute Gasteiger partial charge is 0.489 e. The van der Waals surface area contributed by atoms with Crippen LogP contribution in [0.25, 0.3) is 10.8 Å². The van der Waals surface area contributed by atoms with E-state index in [1.807, 2.05) is 18.2 Å². The highest BCUT2D eigenvalue weighted by Gasteiger charge is 2.11. The van der Waals surface area contributed by atoms with Crippen LogP contribution in [0.1, 0.15) is 16.7 Å². The van der Waals surface area contributed by atoms with Gasteiger partial charge in [0.25, 0.3) is 0 Å². The van der Waals surface area contributed by atoms with Crippen molar-refractivity contribution < 1.29 is 4.74 Å². The Kier molecular flexibility index (Phi) is 4.70. The number of hydrogen-bond acceptors (Lipinski definition) is 5.